The van der Waals surface area contributed by atoms with Crippen LogP contribution in [0.2, 0.25) is 0 Å². The molecule has 1 fully saturated rings. The molecule has 1 unspecified atom stereocenters. The quantitative estimate of drug-likeness (QED) is 0.880. The predicted molar refractivity (Wildman–Crippen MR) is 71.8 cm³/mol. The monoisotopic (exact) mass is 265 g/mol. The van der Waals surface area contributed by atoms with Gasteiger partial charge in [-0.3, -0.25) is 4.79 Å². The molecular weight excluding hydrogens is 246 g/mol. The van der Waals surface area contributed by atoms with Crippen LogP contribution in [0.25, 0.3) is 0 Å². The molecule has 3 nitrogen and oxygen atoms in total. The van der Waals surface area contributed by atoms with E-state index in [1.807, 2.05) is 0 Å². The maximum atomic E-state index is 12.4. The van der Waals surface area contributed by atoms with Crippen molar-refractivity contribution in [2.24, 2.45) is 0 Å². The molecule has 1 aromatic heterocycles. The third-order valence-electron chi connectivity index (χ3n) is 4.37. The number of nitrogens with one attached hydrogen (secondary N) is 1. The molecule has 98 valence electrons. The Morgan fingerprint density at radius 3 is 3.00 bits per heavy atom. The van der Waals surface area contributed by atoms with Crippen molar-refractivity contribution in [1.29, 1.82) is 0 Å². The molecule has 0 bridgehead atoms. The van der Waals surface area contributed by atoms with Gasteiger partial charge in [0.2, 0.25) is 5.91 Å². The smallest absolute Gasteiger partial charge is 0.228 e. The van der Waals surface area contributed by atoms with E-state index >= 15 is 0 Å². The number of rotatable bonds is 3. The van der Waals surface area contributed by atoms with Crippen LogP contribution >= 0.6 is 11.3 Å². The molecule has 4 heteroatoms. The zero-order chi connectivity index (χ0) is 12.6. The van der Waals surface area contributed by atoms with E-state index in [9.17, 15) is 9.90 Å². The van der Waals surface area contributed by atoms with Gasteiger partial charge in [0, 0.05) is 4.88 Å². The van der Waals surface area contributed by atoms with Gasteiger partial charge >= 0.3 is 0 Å². The Morgan fingerprint density at radius 1 is 1.50 bits per heavy atom. The Balaban J connectivity index is 1.74. The molecule has 1 aromatic rings. The number of hydrogen-bond acceptors (Lipinski definition) is 3. The Kier molecular flexibility index (Phi) is 3.16. The molecule has 1 amide bonds. The van der Waals surface area contributed by atoms with Crippen LogP contribution in [0.5, 0.6) is 0 Å². The lowest BCUT2D eigenvalue weighted by Crippen LogP contribution is -2.57. The predicted octanol–water partition coefficient (Wildman–Crippen LogP) is 2.20. The maximum Gasteiger partial charge on any atom is 0.228 e. The molecule has 2 aliphatic rings. The number of aliphatic hydroxyl groups is 1. The molecule has 0 radical (unpaired) electrons. The number of aryl methyl sites for hydroxylation is 1. The first-order valence-corrected chi connectivity index (χ1v) is 7.61. The number of carbonyl (C=O) groups excluding carboxylic acids is 1. The van der Waals surface area contributed by atoms with E-state index in [0.29, 0.717) is 0 Å². The fourth-order valence-corrected chi connectivity index (χ4v) is 4.02. The third kappa shape index (κ3) is 1.97. The Morgan fingerprint density at radius 2 is 2.33 bits per heavy atom. The van der Waals surface area contributed by atoms with Crippen LogP contribution in [0.1, 0.15) is 48.5 Å². The molecule has 2 N–H and O–H groups in total. The van der Waals surface area contributed by atoms with Gasteiger partial charge in [-0.1, -0.05) is 0 Å². The van der Waals surface area contributed by atoms with Crippen molar-refractivity contribution in [3.8, 4) is 0 Å². The highest BCUT2D eigenvalue weighted by molar-refractivity contribution is 7.10. The van der Waals surface area contributed by atoms with E-state index in [1.54, 1.807) is 11.3 Å². The van der Waals surface area contributed by atoms with E-state index < -0.39 is 0 Å². The van der Waals surface area contributed by atoms with Gasteiger partial charge in [0.1, 0.15) is 0 Å². The van der Waals surface area contributed by atoms with Gasteiger partial charge in [0.05, 0.1) is 18.1 Å². The molecule has 2 aliphatic carbocycles. The fourth-order valence-electron chi connectivity index (χ4n) is 3.03. The van der Waals surface area contributed by atoms with E-state index in [0.717, 1.165) is 38.5 Å². The average Bonchev–Trinajstić information content (AvgIpc) is 2.81. The molecule has 1 saturated carbocycles. The Hall–Kier alpha value is -0.870. The summed E-state index contributed by atoms with van der Waals surface area (Å²) in [5.74, 6) is 0.118. The van der Waals surface area contributed by atoms with E-state index in [4.69, 9.17) is 0 Å². The molecule has 1 atom stereocenters. The number of amides is 1. The summed E-state index contributed by atoms with van der Waals surface area (Å²) >= 11 is 1.76. The van der Waals surface area contributed by atoms with Crippen molar-refractivity contribution in [1.82, 2.24) is 5.32 Å². The molecule has 3 rings (SSSR count). The molecule has 18 heavy (non-hydrogen) atoms. The van der Waals surface area contributed by atoms with Gasteiger partial charge in [0.25, 0.3) is 0 Å². The second-order valence-corrected chi connectivity index (χ2v) is 6.53. The van der Waals surface area contributed by atoms with Crippen LogP contribution in [0.15, 0.2) is 11.4 Å². The van der Waals surface area contributed by atoms with Gasteiger partial charge in [0.15, 0.2) is 0 Å². The molecule has 0 aromatic carbocycles. The standard InChI is InChI=1S/C14H19NO2S/c16-9-14(6-2-7-14)15-13(17)11-3-1-4-12-10(11)5-8-18-12/h5,8,11,16H,1-4,6-7,9H2,(H,15,17). The lowest BCUT2D eigenvalue weighted by atomic mass is 9.76. The second kappa shape index (κ2) is 4.67. The van der Waals surface area contributed by atoms with Crippen LogP contribution in [0, 0.1) is 0 Å². The van der Waals surface area contributed by atoms with Crippen LogP contribution in [-0.4, -0.2) is 23.2 Å². The van der Waals surface area contributed by atoms with E-state index in [-0.39, 0.29) is 24.0 Å². The normalized spacial score (nSPS) is 25.1. The van der Waals surface area contributed by atoms with Gasteiger partial charge in [-0.05, 0) is 55.5 Å². The summed E-state index contributed by atoms with van der Waals surface area (Å²) in [7, 11) is 0. The molecule has 0 spiro atoms. The van der Waals surface area contributed by atoms with Gasteiger partial charge < -0.3 is 10.4 Å². The number of carbonyl (C=O) groups is 1. The number of fused-ring (bicyclic) bond motifs is 1. The maximum absolute atomic E-state index is 12.4. The summed E-state index contributed by atoms with van der Waals surface area (Å²) < 4.78 is 0. The van der Waals surface area contributed by atoms with Gasteiger partial charge in [-0.15, -0.1) is 11.3 Å². The average molecular weight is 265 g/mol. The molecule has 1 heterocycles. The molecular formula is C14H19NO2S. The lowest BCUT2D eigenvalue weighted by Gasteiger charge is -2.42. The first-order chi connectivity index (χ1) is 8.74. The summed E-state index contributed by atoms with van der Waals surface area (Å²) in [6.45, 7) is 0.0714. The highest BCUT2D eigenvalue weighted by Crippen LogP contribution is 2.37. The first-order valence-electron chi connectivity index (χ1n) is 6.73. The number of hydrogen-bond donors (Lipinski definition) is 2. The van der Waals surface area contributed by atoms with Crippen LogP contribution in [0.4, 0.5) is 0 Å². The summed E-state index contributed by atoms with van der Waals surface area (Å²) in [5.41, 5.74) is 0.904. The highest BCUT2D eigenvalue weighted by Gasteiger charge is 2.40. The van der Waals surface area contributed by atoms with Crippen molar-refractivity contribution in [2.45, 2.75) is 50.0 Å². The van der Waals surface area contributed by atoms with E-state index in [1.165, 1.54) is 10.4 Å². The van der Waals surface area contributed by atoms with E-state index in [2.05, 4.69) is 16.8 Å². The van der Waals surface area contributed by atoms with Crippen molar-refractivity contribution in [2.75, 3.05) is 6.61 Å². The van der Waals surface area contributed by atoms with Crippen LogP contribution in [-0.2, 0) is 11.2 Å². The largest absolute Gasteiger partial charge is 0.394 e. The fraction of sp³-hybridized carbons (Fsp3) is 0.643. The van der Waals surface area contributed by atoms with Gasteiger partial charge in [-0.2, -0.15) is 0 Å². The summed E-state index contributed by atoms with van der Waals surface area (Å²) in [5, 5.41) is 14.6. The minimum Gasteiger partial charge on any atom is -0.394 e. The zero-order valence-electron chi connectivity index (χ0n) is 10.4. The molecule has 0 aliphatic heterocycles. The first kappa shape index (κ1) is 12.2. The minimum absolute atomic E-state index is 0.00373. The third-order valence-corrected chi connectivity index (χ3v) is 5.37. The minimum atomic E-state index is -0.315. The van der Waals surface area contributed by atoms with Crippen LogP contribution < -0.4 is 5.32 Å². The Labute approximate surface area is 111 Å². The number of aliphatic hydroxyl groups excluding tert-OH is 1. The summed E-state index contributed by atoms with van der Waals surface area (Å²) in [6, 6.07) is 2.09. The summed E-state index contributed by atoms with van der Waals surface area (Å²) in [4.78, 5) is 13.8. The van der Waals surface area contributed by atoms with Crippen molar-refractivity contribution < 1.29 is 9.90 Å². The lowest BCUT2D eigenvalue weighted by molar-refractivity contribution is -0.126. The SMILES string of the molecule is O=C(NC1(CO)CCC1)C1CCCc2sccc21. The second-order valence-electron chi connectivity index (χ2n) is 5.53. The van der Waals surface area contributed by atoms with Crippen molar-refractivity contribution in [3.05, 3.63) is 21.9 Å². The summed E-state index contributed by atoms with van der Waals surface area (Å²) in [6.07, 6.45) is 6.09. The van der Waals surface area contributed by atoms with Crippen LogP contribution in [0.3, 0.4) is 0 Å². The highest BCUT2D eigenvalue weighted by atomic mass is 32.1. The number of thiophene rings is 1. The van der Waals surface area contributed by atoms with Gasteiger partial charge in [-0.25, -0.2) is 0 Å². The van der Waals surface area contributed by atoms with Crippen molar-refractivity contribution in [3.63, 3.8) is 0 Å². The molecule has 0 saturated heterocycles. The topological polar surface area (TPSA) is 49.3 Å². The Bertz CT molecular complexity index is 445. The zero-order valence-corrected chi connectivity index (χ0v) is 11.3. The van der Waals surface area contributed by atoms with Crippen molar-refractivity contribution >= 4 is 17.2 Å².